The maximum absolute atomic E-state index is 11.8. The van der Waals surface area contributed by atoms with Gasteiger partial charge in [0.15, 0.2) is 0 Å². The lowest BCUT2D eigenvalue weighted by Crippen LogP contribution is -2.39. The largest absolute Gasteiger partial charge is 0.382 e. The van der Waals surface area contributed by atoms with Crippen molar-refractivity contribution in [1.29, 1.82) is 0 Å². The van der Waals surface area contributed by atoms with Crippen molar-refractivity contribution in [2.24, 2.45) is 0 Å². The molecule has 2 aliphatic rings. The second kappa shape index (κ2) is 5.65. The molecule has 3 rings (SSSR count). The third-order valence-corrected chi connectivity index (χ3v) is 4.28. The summed E-state index contributed by atoms with van der Waals surface area (Å²) in [7, 11) is 0. The molecule has 0 bridgehead atoms. The Bertz CT molecular complexity index is 504. The summed E-state index contributed by atoms with van der Waals surface area (Å²) in [6.45, 7) is 0. The molecule has 0 aromatic heterocycles. The SMILES string of the molecule is O=C1CCC(c2ccc(NC3CCCC3)cc2)C(=O)N1. The van der Waals surface area contributed by atoms with Gasteiger partial charge in [0.25, 0.3) is 0 Å². The normalized spacial score (nSPS) is 23.7. The van der Waals surface area contributed by atoms with Crippen molar-refractivity contribution >= 4 is 17.5 Å². The van der Waals surface area contributed by atoms with Crippen molar-refractivity contribution in [2.45, 2.75) is 50.5 Å². The van der Waals surface area contributed by atoms with Gasteiger partial charge in [0.1, 0.15) is 0 Å². The zero-order valence-electron chi connectivity index (χ0n) is 11.5. The maximum Gasteiger partial charge on any atom is 0.234 e. The fourth-order valence-corrected chi connectivity index (χ4v) is 3.13. The predicted octanol–water partition coefficient (Wildman–Crippen LogP) is 2.56. The summed E-state index contributed by atoms with van der Waals surface area (Å²) < 4.78 is 0. The number of carbonyl (C=O) groups excluding carboxylic acids is 2. The van der Waals surface area contributed by atoms with E-state index in [4.69, 9.17) is 0 Å². The average Bonchev–Trinajstić information content (AvgIpc) is 2.93. The van der Waals surface area contributed by atoms with E-state index in [2.05, 4.69) is 10.6 Å². The van der Waals surface area contributed by atoms with Crippen molar-refractivity contribution in [3.63, 3.8) is 0 Å². The van der Waals surface area contributed by atoms with Gasteiger partial charge in [0, 0.05) is 18.2 Å². The van der Waals surface area contributed by atoms with Crippen molar-refractivity contribution in [3.8, 4) is 0 Å². The molecule has 1 saturated carbocycles. The highest BCUT2D eigenvalue weighted by Gasteiger charge is 2.27. The van der Waals surface area contributed by atoms with Crippen LogP contribution in [0.4, 0.5) is 5.69 Å². The predicted molar refractivity (Wildman–Crippen MR) is 77.4 cm³/mol. The minimum atomic E-state index is -0.187. The number of piperidine rings is 1. The second-order valence-electron chi connectivity index (χ2n) is 5.75. The topological polar surface area (TPSA) is 58.2 Å². The monoisotopic (exact) mass is 272 g/mol. The smallest absolute Gasteiger partial charge is 0.234 e. The van der Waals surface area contributed by atoms with Crippen LogP contribution in [0.25, 0.3) is 0 Å². The van der Waals surface area contributed by atoms with Gasteiger partial charge in [-0.05, 0) is 37.0 Å². The molecule has 106 valence electrons. The zero-order valence-corrected chi connectivity index (χ0v) is 11.5. The van der Waals surface area contributed by atoms with Crippen LogP contribution in [0.1, 0.15) is 50.0 Å². The van der Waals surface area contributed by atoms with Gasteiger partial charge >= 0.3 is 0 Å². The summed E-state index contributed by atoms with van der Waals surface area (Å²) in [5.74, 6) is -0.517. The summed E-state index contributed by atoms with van der Waals surface area (Å²) in [6.07, 6.45) is 6.15. The first kappa shape index (κ1) is 13.2. The van der Waals surface area contributed by atoms with E-state index < -0.39 is 0 Å². The van der Waals surface area contributed by atoms with Gasteiger partial charge in [-0.15, -0.1) is 0 Å². The molecule has 1 saturated heterocycles. The standard InChI is InChI=1S/C16H20N2O2/c19-15-10-9-14(16(20)18-15)11-5-7-13(8-6-11)17-12-3-1-2-4-12/h5-8,12,14,17H,1-4,9-10H2,(H,18,19,20). The van der Waals surface area contributed by atoms with Crippen LogP contribution in [-0.4, -0.2) is 17.9 Å². The third-order valence-electron chi connectivity index (χ3n) is 4.28. The van der Waals surface area contributed by atoms with Gasteiger partial charge in [-0.2, -0.15) is 0 Å². The van der Waals surface area contributed by atoms with E-state index in [1.54, 1.807) is 0 Å². The number of carbonyl (C=O) groups is 2. The molecule has 1 aromatic rings. The molecule has 2 amide bonds. The highest BCUT2D eigenvalue weighted by Crippen LogP contribution is 2.27. The molecular formula is C16H20N2O2. The first-order valence-electron chi connectivity index (χ1n) is 7.42. The molecule has 2 fully saturated rings. The number of hydrogen-bond acceptors (Lipinski definition) is 3. The minimum absolute atomic E-state index is 0.161. The van der Waals surface area contributed by atoms with Gasteiger partial charge in [-0.25, -0.2) is 0 Å². The lowest BCUT2D eigenvalue weighted by Gasteiger charge is -2.21. The zero-order chi connectivity index (χ0) is 13.9. The Morgan fingerprint density at radius 3 is 2.35 bits per heavy atom. The van der Waals surface area contributed by atoms with E-state index in [1.807, 2.05) is 24.3 Å². The van der Waals surface area contributed by atoms with E-state index in [0.717, 1.165) is 11.3 Å². The van der Waals surface area contributed by atoms with Crippen LogP contribution in [-0.2, 0) is 9.59 Å². The fourth-order valence-electron chi connectivity index (χ4n) is 3.13. The highest BCUT2D eigenvalue weighted by atomic mass is 16.2. The van der Waals surface area contributed by atoms with E-state index >= 15 is 0 Å². The highest BCUT2D eigenvalue weighted by molar-refractivity contribution is 6.00. The van der Waals surface area contributed by atoms with Crippen LogP contribution in [0.3, 0.4) is 0 Å². The van der Waals surface area contributed by atoms with Crippen LogP contribution in [0.2, 0.25) is 0 Å². The van der Waals surface area contributed by atoms with E-state index in [9.17, 15) is 9.59 Å². The van der Waals surface area contributed by atoms with Crippen LogP contribution < -0.4 is 10.6 Å². The summed E-state index contributed by atoms with van der Waals surface area (Å²) in [4.78, 5) is 23.0. The number of amides is 2. The first-order chi connectivity index (χ1) is 9.72. The van der Waals surface area contributed by atoms with E-state index in [-0.39, 0.29) is 17.7 Å². The van der Waals surface area contributed by atoms with Gasteiger partial charge in [-0.1, -0.05) is 25.0 Å². The summed E-state index contributed by atoms with van der Waals surface area (Å²) in [5, 5.41) is 5.94. The number of nitrogens with one attached hydrogen (secondary N) is 2. The van der Waals surface area contributed by atoms with Crippen LogP contribution in [0.15, 0.2) is 24.3 Å². The molecule has 20 heavy (non-hydrogen) atoms. The minimum Gasteiger partial charge on any atom is -0.382 e. The van der Waals surface area contributed by atoms with Gasteiger partial charge in [-0.3, -0.25) is 14.9 Å². The van der Waals surface area contributed by atoms with Gasteiger partial charge in [0.05, 0.1) is 5.92 Å². The molecule has 1 atom stereocenters. The van der Waals surface area contributed by atoms with Gasteiger partial charge < -0.3 is 5.32 Å². The summed E-state index contributed by atoms with van der Waals surface area (Å²) in [5.41, 5.74) is 2.11. The van der Waals surface area contributed by atoms with Gasteiger partial charge in [0.2, 0.25) is 11.8 Å². The van der Waals surface area contributed by atoms with Crippen LogP contribution in [0.5, 0.6) is 0 Å². The van der Waals surface area contributed by atoms with Crippen LogP contribution >= 0.6 is 0 Å². The Labute approximate surface area is 118 Å². The Kier molecular flexibility index (Phi) is 3.72. The van der Waals surface area contributed by atoms with Crippen molar-refractivity contribution in [1.82, 2.24) is 5.32 Å². The molecule has 0 radical (unpaired) electrons. The van der Waals surface area contributed by atoms with Crippen molar-refractivity contribution in [2.75, 3.05) is 5.32 Å². The molecule has 1 aromatic carbocycles. The lowest BCUT2D eigenvalue weighted by atomic mass is 9.90. The number of hydrogen-bond donors (Lipinski definition) is 2. The van der Waals surface area contributed by atoms with Crippen LogP contribution in [0, 0.1) is 0 Å². The fraction of sp³-hybridized carbons (Fsp3) is 0.500. The maximum atomic E-state index is 11.8. The van der Waals surface area contributed by atoms with Crippen molar-refractivity contribution < 1.29 is 9.59 Å². The molecule has 4 nitrogen and oxygen atoms in total. The Morgan fingerprint density at radius 1 is 1.00 bits per heavy atom. The van der Waals surface area contributed by atoms with E-state index in [1.165, 1.54) is 25.7 Å². The third kappa shape index (κ3) is 2.84. The average molecular weight is 272 g/mol. The molecule has 1 aliphatic carbocycles. The molecule has 2 N–H and O–H groups in total. The van der Waals surface area contributed by atoms with Crippen molar-refractivity contribution in [3.05, 3.63) is 29.8 Å². The first-order valence-corrected chi connectivity index (χ1v) is 7.42. The molecule has 1 heterocycles. The summed E-state index contributed by atoms with van der Waals surface area (Å²) >= 11 is 0. The number of benzene rings is 1. The Balaban J connectivity index is 1.66. The van der Waals surface area contributed by atoms with E-state index in [0.29, 0.717) is 18.9 Å². The number of rotatable bonds is 3. The molecule has 1 aliphatic heterocycles. The molecule has 1 unspecified atom stereocenters. The molecule has 0 spiro atoms. The summed E-state index contributed by atoms with van der Waals surface area (Å²) in [6, 6.07) is 8.67. The second-order valence-corrected chi connectivity index (χ2v) is 5.75. The quantitative estimate of drug-likeness (QED) is 0.831. The lowest BCUT2D eigenvalue weighted by molar-refractivity contribution is -0.134. The number of imide groups is 1. The Hall–Kier alpha value is -1.84. The molecular weight excluding hydrogens is 252 g/mol. The number of anilines is 1. The molecule has 4 heteroatoms. The Morgan fingerprint density at radius 2 is 1.70 bits per heavy atom.